The normalized spacial score (nSPS) is 10.9. The lowest BCUT2D eigenvalue weighted by Gasteiger charge is -2.31. The molecule has 7 nitrogen and oxygen atoms in total. The maximum absolute atomic E-state index is 11.7. The Hall–Kier alpha value is -1.70. The van der Waals surface area contributed by atoms with Crippen LogP contribution in [0.25, 0.3) is 0 Å². The number of nitrogens with zero attached hydrogens (tertiary/aromatic N) is 3. The second-order valence-corrected chi connectivity index (χ2v) is 4.42. The predicted molar refractivity (Wildman–Crippen MR) is 58.4 cm³/mol. The molecule has 0 spiro atoms. The number of urea groups is 1. The minimum Gasteiger partial charge on any atom is -0.480 e. The molecule has 0 aliphatic heterocycles. The molecule has 1 aromatic heterocycles. The molecule has 0 bridgehead atoms. The van der Waals surface area contributed by atoms with Gasteiger partial charge in [-0.25, -0.2) is 9.59 Å². The summed E-state index contributed by atoms with van der Waals surface area (Å²) in [6.45, 7) is 2.89. The summed E-state index contributed by atoms with van der Waals surface area (Å²) in [6.07, 6.45) is 1.39. The first kappa shape index (κ1) is 12.4. The van der Waals surface area contributed by atoms with Gasteiger partial charge in [-0.3, -0.25) is 5.32 Å². The Morgan fingerprint density at radius 1 is 1.56 bits per heavy atom. The molecular formula is C8H12N4O3S. The van der Waals surface area contributed by atoms with Crippen molar-refractivity contribution in [3.05, 3.63) is 6.20 Å². The molecule has 16 heavy (non-hydrogen) atoms. The van der Waals surface area contributed by atoms with Crippen LogP contribution in [0.4, 0.5) is 9.80 Å². The summed E-state index contributed by atoms with van der Waals surface area (Å²) in [5.74, 6) is -1.08. The SMILES string of the molecule is CN(C(=O)Nc1cnns1)C(C)(C)C(=O)O. The van der Waals surface area contributed by atoms with Gasteiger partial charge in [0.1, 0.15) is 10.5 Å². The molecule has 0 unspecified atom stereocenters. The minimum absolute atomic E-state index is 0.470. The van der Waals surface area contributed by atoms with Gasteiger partial charge >= 0.3 is 12.0 Å². The number of carboxylic acids is 1. The molecule has 1 aromatic rings. The number of likely N-dealkylation sites (N-methyl/N-ethyl adjacent to an activating group) is 1. The number of hydrogen-bond acceptors (Lipinski definition) is 5. The number of aromatic nitrogens is 2. The molecule has 0 radical (unpaired) electrons. The predicted octanol–water partition coefficient (Wildman–Crippen LogP) is 0.865. The summed E-state index contributed by atoms with van der Waals surface area (Å²) in [7, 11) is 1.41. The lowest BCUT2D eigenvalue weighted by atomic mass is 10.1. The number of aliphatic carboxylic acids is 1. The highest BCUT2D eigenvalue weighted by Gasteiger charge is 2.35. The Morgan fingerprint density at radius 3 is 2.62 bits per heavy atom. The molecule has 8 heteroatoms. The Kier molecular flexibility index (Phi) is 3.43. The molecule has 0 atom stereocenters. The van der Waals surface area contributed by atoms with Crippen LogP contribution in [0.5, 0.6) is 0 Å². The third kappa shape index (κ3) is 2.45. The average Bonchev–Trinajstić information content (AvgIpc) is 2.68. The third-order valence-electron chi connectivity index (χ3n) is 2.26. The van der Waals surface area contributed by atoms with Crippen molar-refractivity contribution in [2.24, 2.45) is 0 Å². The zero-order valence-electron chi connectivity index (χ0n) is 9.09. The lowest BCUT2D eigenvalue weighted by molar-refractivity contribution is -0.146. The Labute approximate surface area is 96.2 Å². The lowest BCUT2D eigenvalue weighted by Crippen LogP contribution is -2.52. The van der Waals surface area contributed by atoms with Gasteiger partial charge in [0.05, 0.1) is 6.20 Å². The van der Waals surface area contributed by atoms with E-state index in [1.54, 1.807) is 0 Å². The van der Waals surface area contributed by atoms with Crippen molar-refractivity contribution in [1.29, 1.82) is 0 Å². The van der Waals surface area contributed by atoms with Crippen LogP contribution in [0, 0.1) is 0 Å². The Bertz CT molecular complexity index is 390. The van der Waals surface area contributed by atoms with Gasteiger partial charge in [0.15, 0.2) is 0 Å². The molecule has 88 valence electrons. The molecule has 0 saturated carbocycles. The second kappa shape index (κ2) is 4.44. The molecule has 0 fully saturated rings. The molecule has 0 aromatic carbocycles. The smallest absolute Gasteiger partial charge is 0.329 e. The second-order valence-electron chi connectivity index (χ2n) is 3.64. The van der Waals surface area contributed by atoms with E-state index in [0.717, 1.165) is 16.4 Å². The Balaban J connectivity index is 2.71. The topological polar surface area (TPSA) is 95.4 Å². The first-order valence-electron chi connectivity index (χ1n) is 4.41. The standard InChI is InChI=1S/C8H12N4O3S/c1-8(2,6(13)14)12(3)7(15)10-5-4-9-11-16-5/h4H,1-3H3,(H,10,15)(H,13,14). The van der Waals surface area contributed by atoms with Gasteiger partial charge in [0.25, 0.3) is 0 Å². The summed E-state index contributed by atoms with van der Waals surface area (Å²) in [5, 5.41) is 15.5. The van der Waals surface area contributed by atoms with E-state index < -0.39 is 17.5 Å². The number of amides is 2. The molecule has 1 rings (SSSR count). The van der Waals surface area contributed by atoms with Crippen LogP contribution < -0.4 is 5.32 Å². The number of carbonyl (C=O) groups excluding carboxylic acids is 1. The zero-order chi connectivity index (χ0) is 12.3. The van der Waals surface area contributed by atoms with E-state index in [2.05, 4.69) is 14.9 Å². The van der Waals surface area contributed by atoms with Crippen LogP contribution in [-0.2, 0) is 4.79 Å². The summed E-state index contributed by atoms with van der Waals surface area (Å²) < 4.78 is 3.57. The van der Waals surface area contributed by atoms with Crippen LogP contribution in [-0.4, -0.2) is 44.2 Å². The van der Waals surface area contributed by atoms with Crippen molar-refractivity contribution < 1.29 is 14.7 Å². The molecule has 0 aliphatic carbocycles. The minimum atomic E-state index is -1.28. The van der Waals surface area contributed by atoms with Crippen molar-refractivity contribution in [1.82, 2.24) is 14.5 Å². The van der Waals surface area contributed by atoms with Crippen LogP contribution in [0.15, 0.2) is 6.20 Å². The van der Waals surface area contributed by atoms with Gasteiger partial charge in [-0.2, -0.15) is 0 Å². The number of carboxylic acid groups (broad SMARTS) is 1. The summed E-state index contributed by atoms with van der Waals surface area (Å²) in [6, 6.07) is -0.515. The summed E-state index contributed by atoms with van der Waals surface area (Å²) >= 11 is 1.02. The average molecular weight is 244 g/mol. The van der Waals surface area contributed by atoms with Gasteiger partial charge in [-0.05, 0) is 13.8 Å². The highest BCUT2D eigenvalue weighted by molar-refractivity contribution is 7.10. The number of nitrogens with one attached hydrogen (secondary N) is 1. The first-order chi connectivity index (χ1) is 7.35. The fourth-order valence-corrected chi connectivity index (χ4v) is 1.22. The van der Waals surface area contributed by atoms with Gasteiger partial charge in [0, 0.05) is 18.6 Å². The third-order valence-corrected chi connectivity index (χ3v) is 2.84. The molecule has 0 saturated heterocycles. The zero-order valence-corrected chi connectivity index (χ0v) is 9.91. The van der Waals surface area contributed by atoms with Crippen molar-refractivity contribution in [3.63, 3.8) is 0 Å². The van der Waals surface area contributed by atoms with Crippen LogP contribution in [0.1, 0.15) is 13.8 Å². The Morgan fingerprint density at radius 2 is 2.19 bits per heavy atom. The number of hydrogen-bond donors (Lipinski definition) is 2. The van der Waals surface area contributed by atoms with E-state index in [-0.39, 0.29) is 0 Å². The molecule has 2 amide bonds. The van der Waals surface area contributed by atoms with Crippen molar-refractivity contribution in [3.8, 4) is 0 Å². The van der Waals surface area contributed by atoms with Gasteiger partial charge in [0.2, 0.25) is 0 Å². The molecular weight excluding hydrogens is 232 g/mol. The van der Waals surface area contributed by atoms with E-state index in [4.69, 9.17) is 5.11 Å². The van der Waals surface area contributed by atoms with Crippen molar-refractivity contribution in [2.45, 2.75) is 19.4 Å². The largest absolute Gasteiger partial charge is 0.480 e. The van der Waals surface area contributed by atoms with E-state index >= 15 is 0 Å². The fraction of sp³-hybridized carbons (Fsp3) is 0.500. The maximum atomic E-state index is 11.7. The van der Waals surface area contributed by atoms with E-state index in [1.807, 2.05) is 0 Å². The quantitative estimate of drug-likeness (QED) is 0.822. The maximum Gasteiger partial charge on any atom is 0.329 e. The van der Waals surface area contributed by atoms with E-state index in [0.29, 0.717) is 5.00 Å². The number of rotatable bonds is 3. The van der Waals surface area contributed by atoms with E-state index in [9.17, 15) is 9.59 Å². The van der Waals surface area contributed by atoms with Crippen molar-refractivity contribution >= 4 is 28.5 Å². The molecule has 1 heterocycles. The number of carbonyl (C=O) groups is 2. The van der Waals surface area contributed by atoms with Gasteiger partial charge in [-0.1, -0.05) is 4.49 Å². The number of anilines is 1. The van der Waals surface area contributed by atoms with E-state index in [1.165, 1.54) is 27.1 Å². The first-order valence-corrected chi connectivity index (χ1v) is 5.18. The molecule has 2 N–H and O–H groups in total. The highest BCUT2D eigenvalue weighted by atomic mass is 32.1. The molecule has 0 aliphatic rings. The highest BCUT2D eigenvalue weighted by Crippen LogP contribution is 2.16. The summed E-state index contributed by atoms with van der Waals surface area (Å²) in [4.78, 5) is 23.7. The monoisotopic (exact) mass is 244 g/mol. The summed E-state index contributed by atoms with van der Waals surface area (Å²) in [5.41, 5.74) is -1.28. The van der Waals surface area contributed by atoms with Crippen LogP contribution in [0.3, 0.4) is 0 Å². The van der Waals surface area contributed by atoms with Crippen molar-refractivity contribution in [2.75, 3.05) is 12.4 Å². The van der Waals surface area contributed by atoms with Crippen LogP contribution >= 0.6 is 11.5 Å². The van der Waals surface area contributed by atoms with Gasteiger partial charge in [-0.15, -0.1) is 5.10 Å². The fourth-order valence-electron chi connectivity index (χ4n) is 0.809. The van der Waals surface area contributed by atoms with Gasteiger partial charge < -0.3 is 10.0 Å². The van der Waals surface area contributed by atoms with Crippen LogP contribution in [0.2, 0.25) is 0 Å².